The maximum atomic E-state index is 12.3. The third-order valence-corrected chi connectivity index (χ3v) is 5.44. The summed E-state index contributed by atoms with van der Waals surface area (Å²) in [5.41, 5.74) is 3.34. The molecule has 2 aromatic rings. The van der Waals surface area contributed by atoms with Gasteiger partial charge in [-0.2, -0.15) is 0 Å². The molecule has 8 heteroatoms. The second kappa shape index (κ2) is 8.11. The van der Waals surface area contributed by atoms with Crippen LogP contribution in [0.2, 0.25) is 0 Å². The van der Waals surface area contributed by atoms with E-state index in [1.165, 1.54) is 0 Å². The number of sulfonamides is 1. The summed E-state index contributed by atoms with van der Waals surface area (Å²) < 4.78 is 32.7. The molecule has 1 N–H and O–H groups in total. The van der Waals surface area contributed by atoms with Crippen molar-refractivity contribution in [1.82, 2.24) is 14.7 Å². The fourth-order valence-corrected chi connectivity index (χ4v) is 3.85. The van der Waals surface area contributed by atoms with Crippen LogP contribution in [0.25, 0.3) is 0 Å². The SMILES string of the molecule is Cc1ccc(CS(=O)(=O)NCc2cc(C)nc(N3CCOCC3)n2)cc1. The first-order valence-corrected chi connectivity index (χ1v) is 10.3. The van der Waals surface area contributed by atoms with Crippen LogP contribution in [0.1, 0.15) is 22.5 Å². The van der Waals surface area contributed by atoms with Crippen molar-refractivity contribution in [2.45, 2.75) is 26.1 Å². The molecule has 1 saturated heterocycles. The molecule has 2 heterocycles. The third kappa shape index (κ3) is 5.23. The van der Waals surface area contributed by atoms with Gasteiger partial charge >= 0.3 is 0 Å². The number of anilines is 1. The summed E-state index contributed by atoms with van der Waals surface area (Å²) in [5.74, 6) is 0.578. The molecule has 0 radical (unpaired) electrons. The van der Waals surface area contributed by atoms with Crippen molar-refractivity contribution in [3.8, 4) is 0 Å². The van der Waals surface area contributed by atoms with Gasteiger partial charge in [-0.25, -0.2) is 23.1 Å². The second-order valence-electron chi connectivity index (χ2n) is 6.47. The lowest BCUT2D eigenvalue weighted by Gasteiger charge is -2.27. The summed E-state index contributed by atoms with van der Waals surface area (Å²) in [6, 6.07) is 9.29. The van der Waals surface area contributed by atoms with E-state index in [2.05, 4.69) is 19.6 Å². The zero-order valence-electron chi connectivity index (χ0n) is 15.1. The van der Waals surface area contributed by atoms with E-state index in [1.54, 1.807) is 6.07 Å². The van der Waals surface area contributed by atoms with Crippen LogP contribution in [0.4, 0.5) is 5.95 Å². The molecule has 1 fully saturated rings. The van der Waals surface area contributed by atoms with Crippen LogP contribution in [0.15, 0.2) is 30.3 Å². The van der Waals surface area contributed by atoms with Crippen LogP contribution < -0.4 is 9.62 Å². The minimum Gasteiger partial charge on any atom is -0.378 e. The van der Waals surface area contributed by atoms with E-state index in [-0.39, 0.29) is 12.3 Å². The van der Waals surface area contributed by atoms with Gasteiger partial charge in [0.15, 0.2) is 0 Å². The van der Waals surface area contributed by atoms with Crippen LogP contribution in [-0.4, -0.2) is 44.7 Å². The number of hydrogen-bond acceptors (Lipinski definition) is 6. The normalized spacial score (nSPS) is 15.2. The average molecular weight is 376 g/mol. The van der Waals surface area contributed by atoms with E-state index < -0.39 is 10.0 Å². The Labute approximate surface area is 154 Å². The molecule has 1 aromatic heterocycles. The highest BCUT2D eigenvalue weighted by atomic mass is 32.2. The molecule has 140 valence electrons. The number of rotatable bonds is 6. The Morgan fingerprint density at radius 3 is 2.50 bits per heavy atom. The van der Waals surface area contributed by atoms with Gasteiger partial charge in [0, 0.05) is 18.8 Å². The highest BCUT2D eigenvalue weighted by Gasteiger charge is 2.16. The van der Waals surface area contributed by atoms with Crippen LogP contribution in [0.3, 0.4) is 0 Å². The topological polar surface area (TPSA) is 84.4 Å². The fourth-order valence-electron chi connectivity index (χ4n) is 2.75. The average Bonchev–Trinajstić information content (AvgIpc) is 2.62. The first-order chi connectivity index (χ1) is 12.4. The Balaban J connectivity index is 1.66. The van der Waals surface area contributed by atoms with Crippen molar-refractivity contribution in [1.29, 1.82) is 0 Å². The summed E-state index contributed by atoms with van der Waals surface area (Å²) in [4.78, 5) is 11.0. The number of nitrogens with zero attached hydrogens (tertiary/aromatic N) is 3. The lowest BCUT2D eigenvalue weighted by atomic mass is 10.2. The quantitative estimate of drug-likeness (QED) is 0.823. The predicted molar refractivity (Wildman–Crippen MR) is 100 cm³/mol. The lowest BCUT2D eigenvalue weighted by molar-refractivity contribution is 0.122. The molecule has 0 atom stereocenters. The molecule has 7 nitrogen and oxygen atoms in total. The smallest absolute Gasteiger partial charge is 0.225 e. The van der Waals surface area contributed by atoms with E-state index >= 15 is 0 Å². The largest absolute Gasteiger partial charge is 0.378 e. The number of nitrogens with one attached hydrogen (secondary N) is 1. The van der Waals surface area contributed by atoms with E-state index in [0.29, 0.717) is 24.9 Å². The minimum atomic E-state index is -3.44. The van der Waals surface area contributed by atoms with Gasteiger partial charge in [0.1, 0.15) is 0 Å². The van der Waals surface area contributed by atoms with Crippen molar-refractivity contribution in [2.75, 3.05) is 31.2 Å². The van der Waals surface area contributed by atoms with Gasteiger partial charge in [0.2, 0.25) is 16.0 Å². The molecule has 0 amide bonds. The van der Waals surface area contributed by atoms with E-state index in [4.69, 9.17) is 4.74 Å². The molecule has 0 saturated carbocycles. The summed E-state index contributed by atoms with van der Waals surface area (Å²) in [6.07, 6.45) is 0. The third-order valence-electron chi connectivity index (χ3n) is 4.14. The van der Waals surface area contributed by atoms with Crippen molar-refractivity contribution >= 4 is 16.0 Å². The number of benzene rings is 1. The zero-order valence-corrected chi connectivity index (χ0v) is 15.9. The molecule has 1 aromatic carbocycles. The number of aromatic nitrogens is 2. The zero-order chi connectivity index (χ0) is 18.6. The van der Waals surface area contributed by atoms with Gasteiger partial charge < -0.3 is 9.64 Å². The Morgan fingerprint density at radius 1 is 1.12 bits per heavy atom. The summed E-state index contributed by atoms with van der Waals surface area (Å²) in [6.45, 7) is 6.78. The van der Waals surface area contributed by atoms with Gasteiger partial charge in [0.05, 0.1) is 31.2 Å². The maximum absolute atomic E-state index is 12.3. The molecule has 1 aliphatic heterocycles. The Hall–Kier alpha value is -2.03. The summed E-state index contributed by atoms with van der Waals surface area (Å²) in [7, 11) is -3.44. The van der Waals surface area contributed by atoms with Crippen molar-refractivity contribution in [3.05, 3.63) is 52.8 Å². The van der Waals surface area contributed by atoms with Gasteiger partial charge in [-0.3, -0.25) is 0 Å². The van der Waals surface area contributed by atoms with Crippen molar-refractivity contribution in [2.24, 2.45) is 0 Å². The second-order valence-corrected chi connectivity index (χ2v) is 8.27. The molecular weight excluding hydrogens is 352 g/mol. The van der Waals surface area contributed by atoms with E-state index in [9.17, 15) is 8.42 Å². The van der Waals surface area contributed by atoms with Crippen LogP contribution in [0, 0.1) is 13.8 Å². The van der Waals surface area contributed by atoms with Gasteiger partial charge in [0.25, 0.3) is 0 Å². The molecule has 3 rings (SSSR count). The first-order valence-electron chi connectivity index (χ1n) is 8.61. The number of aryl methyl sites for hydroxylation is 2. The monoisotopic (exact) mass is 376 g/mol. The maximum Gasteiger partial charge on any atom is 0.225 e. The van der Waals surface area contributed by atoms with Crippen molar-refractivity contribution < 1.29 is 13.2 Å². The molecular formula is C18H24N4O3S. The first kappa shape index (κ1) is 18.8. The Morgan fingerprint density at radius 2 is 1.81 bits per heavy atom. The van der Waals surface area contributed by atoms with E-state index in [0.717, 1.165) is 29.9 Å². The van der Waals surface area contributed by atoms with Crippen LogP contribution in [-0.2, 0) is 27.1 Å². The predicted octanol–water partition coefficient (Wildman–Crippen LogP) is 1.55. The van der Waals surface area contributed by atoms with E-state index in [1.807, 2.05) is 38.1 Å². The Kier molecular flexibility index (Phi) is 5.85. The molecule has 0 unspecified atom stereocenters. The fraction of sp³-hybridized carbons (Fsp3) is 0.444. The number of morpholine rings is 1. The molecule has 1 aliphatic rings. The van der Waals surface area contributed by atoms with Crippen LogP contribution in [0.5, 0.6) is 0 Å². The van der Waals surface area contributed by atoms with Gasteiger partial charge in [-0.05, 0) is 25.5 Å². The Bertz CT molecular complexity index is 847. The number of hydrogen-bond donors (Lipinski definition) is 1. The lowest BCUT2D eigenvalue weighted by Crippen LogP contribution is -2.37. The van der Waals surface area contributed by atoms with Gasteiger partial charge in [-0.15, -0.1) is 0 Å². The number of ether oxygens (including phenoxy) is 1. The minimum absolute atomic E-state index is 0.0479. The standard InChI is InChI=1S/C18H24N4O3S/c1-14-3-5-16(6-4-14)13-26(23,24)19-12-17-11-15(2)20-18(21-17)22-7-9-25-10-8-22/h3-6,11,19H,7-10,12-13H2,1-2H3. The highest BCUT2D eigenvalue weighted by Crippen LogP contribution is 2.13. The van der Waals surface area contributed by atoms with Crippen LogP contribution >= 0.6 is 0 Å². The molecule has 0 spiro atoms. The van der Waals surface area contributed by atoms with Gasteiger partial charge in [-0.1, -0.05) is 29.8 Å². The molecule has 26 heavy (non-hydrogen) atoms. The summed E-state index contributed by atoms with van der Waals surface area (Å²) in [5, 5.41) is 0. The summed E-state index contributed by atoms with van der Waals surface area (Å²) >= 11 is 0. The molecule has 0 aliphatic carbocycles. The highest BCUT2D eigenvalue weighted by molar-refractivity contribution is 7.88. The van der Waals surface area contributed by atoms with Crippen molar-refractivity contribution in [3.63, 3.8) is 0 Å². The molecule has 0 bridgehead atoms.